The van der Waals surface area contributed by atoms with Gasteiger partial charge in [0.15, 0.2) is 5.65 Å². The molecule has 148 valence electrons. The molecular weight excluding hydrogens is 368 g/mol. The molecule has 1 N–H and O–H groups in total. The second-order valence-electron chi connectivity index (χ2n) is 6.31. The fourth-order valence-electron chi connectivity index (χ4n) is 3.04. The Morgan fingerprint density at radius 1 is 1.07 bits per heavy atom. The number of aryl methyl sites for hydroxylation is 1. The van der Waals surface area contributed by atoms with Crippen LogP contribution in [0.2, 0.25) is 0 Å². The van der Waals surface area contributed by atoms with Gasteiger partial charge in [-0.25, -0.2) is 9.97 Å². The molecule has 0 aliphatic rings. The van der Waals surface area contributed by atoms with Gasteiger partial charge in [-0.05, 0) is 31.2 Å². The summed E-state index contributed by atoms with van der Waals surface area (Å²) in [6.07, 6.45) is 5.25. The lowest BCUT2D eigenvalue weighted by Crippen LogP contribution is -2.04. The second-order valence-corrected chi connectivity index (χ2v) is 6.31. The summed E-state index contributed by atoms with van der Waals surface area (Å²) in [6, 6.07) is 11.5. The molecule has 0 spiro atoms. The molecule has 0 aliphatic carbocycles. The predicted molar refractivity (Wildman–Crippen MR) is 111 cm³/mol. The summed E-state index contributed by atoms with van der Waals surface area (Å²) in [5, 5.41) is 3.24. The minimum Gasteiger partial charge on any atom is -0.491 e. The molecular formula is C21H22N6O2. The number of rotatable bonds is 8. The van der Waals surface area contributed by atoms with Crippen LogP contribution in [0.25, 0.3) is 22.6 Å². The maximum Gasteiger partial charge on any atom is 0.229 e. The Balaban J connectivity index is 1.62. The van der Waals surface area contributed by atoms with Gasteiger partial charge in [-0.3, -0.25) is 4.98 Å². The lowest BCUT2D eigenvalue weighted by atomic mass is 10.2. The number of pyridine rings is 1. The van der Waals surface area contributed by atoms with Crippen LogP contribution in [-0.2, 0) is 11.3 Å². The van der Waals surface area contributed by atoms with Crippen molar-refractivity contribution in [1.29, 1.82) is 0 Å². The molecule has 0 unspecified atom stereocenters. The van der Waals surface area contributed by atoms with Gasteiger partial charge < -0.3 is 19.4 Å². The maximum atomic E-state index is 5.66. The van der Waals surface area contributed by atoms with Gasteiger partial charge in [0.1, 0.15) is 23.7 Å². The van der Waals surface area contributed by atoms with E-state index in [0.717, 1.165) is 40.5 Å². The van der Waals surface area contributed by atoms with Crippen molar-refractivity contribution in [1.82, 2.24) is 24.5 Å². The third kappa shape index (κ3) is 4.17. The number of imidazole rings is 1. The van der Waals surface area contributed by atoms with Crippen LogP contribution >= 0.6 is 0 Å². The molecule has 0 saturated carbocycles. The molecule has 0 fully saturated rings. The van der Waals surface area contributed by atoms with E-state index in [4.69, 9.17) is 19.4 Å². The van der Waals surface area contributed by atoms with E-state index in [0.29, 0.717) is 19.2 Å². The number of nitrogens with zero attached hydrogens (tertiary/aromatic N) is 5. The van der Waals surface area contributed by atoms with Crippen LogP contribution in [0.1, 0.15) is 6.92 Å². The fourth-order valence-corrected chi connectivity index (χ4v) is 3.04. The fraction of sp³-hybridized carbons (Fsp3) is 0.238. The van der Waals surface area contributed by atoms with Crippen LogP contribution in [-0.4, -0.2) is 44.8 Å². The number of methoxy groups -OCH3 is 1. The van der Waals surface area contributed by atoms with Crippen LogP contribution in [0.5, 0.6) is 5.75 Å². The van der Waals surface area contributed by atoms with Crippen molar-refractivity contribution in [3.8, 4) is 17.1 Å². The van der Waals surface area contributed by atoms with E-state index < -0.39 is 0 Å². The molecule has 4 rings (SSSR count). The molecule has 4 aromatic rings. The lowest BCUT2D eigenvalue weighted by Gasteiger charge is -2.09. The van der Waals surface area contributed by atoms with E-state index in [1.54, 1.807) is 25.7 Å². The maximum absolute atomic E-state index is 5.66. The number of benzene rings is 1. The van der Waals surface area contributed by atoms with Crippen LogP contribution in [0, 0.1) is 0 Å². The topological polar surface area (TPSA) is 87.0 Å². The Morgan fingerprint density at radius 3 is 2.72 bits per heavy atom. The molecule has 8 nitrogen and oxygen atoms in total. The largest absolute Gasteiger partial charge is 0.491 e. The highest BCUT2D eigenvalue weighted by atomic mass is 16.5. The first-order valence-corrected chi connectivity index (χ1v) is 9.41. The molecule has 0 amide bonds. The van der Waals surface area contributed by atoms with Crippen molar-refractivity contribution in [3.05, 3.63) is 55.0 Å². The number of fused-ring (bicyclic) bond motifs is 1. The summed E-state index contributed by atoms with van der Waals surface area (Å²) in [5.74, 6) is 2.11. The smallest absolute Gasteiger partial charge is 0.229 e. The quantitative estimate of drug-likeness (QED) is 0.459. The minimum absolute atomic E-state index is 0.496. The Hall–Kier alpha value is -3.52. The molecule has 8 heteroatoms. The van der Waals surface area contributed by atoms with Crippen LogP contribution in [0.3, 0.4) is 0 Å². The highest BCUT2D eigenvalue weighted by Crippen LogP contribution is 2.25. The van der Waals surface area contributed by atoms with Crippen LogP contribution in [0.15, 0.2) is 55.0 Å². The van der Waals surface area contributed by atoms with Crippen molar-refractivity contribution < 1.29 is 9.47 Å². The number of ether oxygens (including phenoxy) is 2. The Bertz CT molecular complexity index is 1100. The van der Waals surface area contributed by atoms with Crippen molar-refractivity contribution in [3.63, 3.8) is 0 Å². The number of anilines is 2. The van der Waals surface area contributed by atoms with Crippen molar-refractivity contribution >= 4 is 22.8 Å². The molecule has 0 radical (unpaired) electrons. The SMILES string of the molecule is CCn1c(-c2ccncc2)nc2cnc(Nc3cccc(OCCOC)c3)nc21. The van der Waals surface area contributed by atoms with Crippen LogP contribution < -0.4 is 10.1 Å². The van der Waals surface area contributed by atoms with Gasteiger partial charge in [0.25, 0.3) is 0 Å². The molecule has 29 heavy (non-hydrogen) atoms. The van der Waals surface area contributed by atoms with Gasteiger partial charge in [-0.15, -0.1) is 0 Å². The van der Waals surface area contributed by atoms with Gasteiger partial charge in [0.05, 0.1) is 12.8 Å². The van der Waals surface area contributed by atoms with E-state index in [-0.39, 0.29) is 0 Å². The van der Waals surface area contributed by atoms with Gasteiger partial charge in [0, 0.05) is 43.4 Å². The third-order valence-electron chi connectivity index (χ3n) is 4.39. The molecule has 0 atom stereocenters. The molecule has 0 aliphatic heterocycles. The zero-order valence-electron chi connectivity index (χ0n) is 16.4. The zero-order valence-corrected chi connectivity index (χ0v) is 16.4. The zero-order chi connectivity index (χ0) is 20.1. The summed E-state index contributed by atoms with van der Waals surface area (Å²) in [6.45, 7) is 3.85. The van der Waals surface area contributed by atoms with Crippen molar-refractivity contribution in [2.75, 3.05) is 25.6 Å². The number of aromatic nitrogens is 5. The molecule has 3 heterocycles. The van der Waals surface area contributed by atoms with Crippen LogP contribution in [0.4, 0.5) is 11.6 Å². The summed E-state index contributed by atoms with van der Waals surface area (Å²) < 4.78 is 12.7. The predicted octanol–water partition coefficient (Wildman–Crippen LogP) is 3.68. The van der Waals surface area contributed by atoms with E-state index in [9.17, 15) is 0 Å². The van der Waals surface area contributed by atoms with E-state index >= 15 is 0 Å². The number of hydrogen-bond donors (Lipinski definition) is 1. The summed E-state index contributed by atoms with van der Waals surface area (Å²) in [7, 11) is 1.65. The minimum atomic E-state index is 0.496. The first kappa shape index (κ1) is 18.8. The number of hydrogen-bond acceptors (Lipinski definition) is 7. The molecule has 0 bridgehead atoms. The van der Waals surface area contributed by atoms with Gasteiger partial charge in [-0.2, -0.15) is 4.98 Å². The monoisotopic (exact) mass is 390 g/mol. The van der Waals surface area contributed by atoms with Gasteiger partial charge in [0.2, 0.25) is 5.95 Å². The Labute approximate surface area is 168 Å². The van der Waals surface area contributed by atoms with Gasteiger partial charge >= 0.3 is 0 Å². The Kier molecular flexibility index (Phi) is 5.62. The van der Waals surface area contributed by atoms with E-state index in [1.165, 1.54) is 0 Å². The molecule has 1 aromatic carbocycles. The van der Waals surface area contributed by atoms with Crippen molar-refractivity contribution in [2.45, 2.75) is 13.5 Å². The second kappa shape index (κ2) is 8.66. The highest BCUT2D eigenvalue weighted by molar-refractivity contribution is 5.77. The summed E-state index contributed by atoms with van der Waals surface area (Å²) >= 11 is 0. The number of nitrogens with one attached hydrogen (secondary N) is 1. The highest BCUT2D eigenvalue weighted by Gasteiger charge is 2.14. The first-order chi connectivity index (χ1) is 14.3. The summed E-state index contributed by atoms with van der Waals surface area (Å²) in [4.78, 5) is 17.9. The third-order valence-corrected chi connectivity index (χ3v) is 4.39. The van der Waals surface area contributed by atoms with Gasteiger partial charge in [-0.1, -0.05) is 6.07 Å². The average molecular weight is 390 g/mol. The standard InChI is InChI=1S/C21H22N6O2/c1-3-27-19(15-7-9-22-10-8-15)25-18-14-23-21(26-20(18)27)24-16-5-4-6-17(13-16)29-12-11-28-2/h4-10,13-14H,3,11-12H2,1-2H3,(H,23,24,26). The average Bonchev–Trinajstić information content (AvgIpc) is 3.13. The Morgan fingerprint density at radius 2 is 1.93 bits per heavy atom. The lowest BCUT2D eigenvalue weighted by molar-refractivity contribution is 0.146. The summed E-state index contributed by atoms with van der Waals surface area (Å²) in [5.41, 5.74) is 3.37. The first-order valence-electron chi connectivity index (χ1n) is 9.41. The van der Waals surface area contributed by atoms with Crippen molar-refractivity contribution in [2.24, 2.45) is 0 Å². The van der Waals surface area contributed by atoms with E-state index in [1.807, 2.05) is 36.4 Å². The molecule has 3 aromatic heterocycles. The molecule has 0 saturated heterocycles. The van der Waals surface area contributed by atoms with E-state index in [2.05, 4.69) is 26.8 Å². The normalized spacial score (nSPS) is 11.0.